The van der Waals surface area contributed by atoms with E-state index in [0.29, 0.717) is 27.8 Å². The van der Waals surface area contributed by atoms with Crippen LogP contribution in [0, 0.1) is 5.82 Å². The first kappa shape index (κ1) is 18.1. The van der Waals surface area contributed by atoms with Crippen LogP contribution in [0.3, 0.4) is 0 Å². The maximum Gasteiger partial charge on any atom is 0.253 e. The van der Waals surface area contributed by atoms with Crippen molar-refractivity contribution in [2.24, 2.45) is 4.99 Å². The summed E-state index contributed by atoms with van der Waals surface area (Å²) in [6.07, 6.45) is 3.20. The van der Waals surface area contributed by atoms with Gasteiger partial charge in [0, 0.05) is 24.0 Å². The molecule has 8 heteroatoms. The molecule has 144 valence electrons. The highest BCUT2D eigenvalue weighted by molar-refractivity contribution is 6.09. The molecule has 1 saturated heterocycles. The SMILES string of the molecule is O=C(c1ccc2[nH]nc(C(=Nc3ccc(F)cc3)NO)c2c1)N1CCCCC1. The van der Waals surface area contributed by atoms with E-state index in [2.05, 4.69) is 20.7 Å². The van der Waals surface area contributed by atoms with Gasteiger partial charge in [0.25, 0.3) is 5.91 Å². The lowest BCUT2D eigenvalue weighted by Gasteiger charge is -2.26. The molecule has 0 spiro atoms. The molecular formula is C20H20FN5O2. The Labute approximate surface area is 160 Å². The van der Waals surface area contributed by atoms with Crippen LogP contribution in [-0.2, 0) is 0 Å². The summed E-state index contributed by atoms with van der Waals surface area (Å²) in [6, 6.07) is 10.9. The number of rotatable bonds is 3. The number of amides is 1. The number of hydrogen-bond acceptors (Lipinski definition) is 4. The average molecular weight is 381 g/mol. The number of aromatic nitrogens is 2. The van der Waals surface area contributed by atoms with E-state index < -0.39 is 0 Å². The van der Waals surface area contributed by atoms with E-state index in [1.165, 1.54) is 24.3 Å². The second-order valence-electron chi connectivity index (χ2n) is 6.73. The molecule has 2 heterocycles. The number of fused-ring (bicyclic) bond motifs is 1. The Balaban J connectivity index is 1.70. The van der Waals surface area contributed by atoms with Crippen molar-refractivity contribution in [1.29, 1.82) is 0 Å². The summed E-state index contributed by atoms with van der Waals surface area (Å²) >= 11 is 0. The largest absolute Gasteiger partial charge is 0.339 e. The van der Waals surface area contributed by atoms with Crippen molar-refractivity contribution < 1.29 is 14.4 Å². The number of hydrogen-bond donors (Lipinski definition) is 3. The fourth-order valence-corrected chi connectivity index (χ4v) is 3.38. The Morgan fingerprint density at radius 2 is 1.89 bits per heavy atom. The lowest BCUT2D eigenvalue weighted by Crippen LogP contribution is -2.35. The van der Waals surface area contributed by atoms with Gasteiger partial charge in [0.15, 0.2) is 5.84 Å². The third-order valence-electron chi connectivity index (χ3n) is 4.85. The highest BCUT2D eigenvalue weighted by Crippen LogP contribution is 2.22. The number of halogens is 1. The molecule has 3 aromatic rings. The number of aromatic amines is 1. The quantitative estimate of drug-likeness (QED) is 0.368. The number of benzene rings is 2. The summed E-state index contributed by atoms with van der Waals surface area (Å²) in [6.45, 7) is 1.54. The summed E-state index contributed by atoms with van der Waals surface area (Å²) < 4.78 is 13.1. The molecule has 0 saturated carbocycles. The van der Waals surface area contributed by atoms with E-state index in [0.717, 1.165) is 32.4 Å². The third-order valence-corrected chi connectivity index (χ3v) is 4.85. The van der Waals surface area contributed by atoms with Gasteiger partial charge in [-0.2, -0.15) is 5.10 Å². The van der Waals surface area contributed by atoms with E-state index in [4.69, 9.17) is 0 Å². The Kier molecular flexibility index (Phi) is 5.03. The summed E-state index contributed by atoms with van der Waals surface area (Å²) in [5.74, 6) is -0.285. The molecule has 2 aromatic carbocycles. The lowest BCUT2D eigenvalue weighted by molar-refractivity contribution is 0.0724. The molecule has 7 nitrogen and oxygen atoms in total. The van der Waals surface area contributed by atoms with Crippen LogP contribution < -0.4 is 5.48 Å². The van der Waals surface area contributed by atoms with Crippen LogP contribution in [0.25, 0.3) is 10.9 Å². The van der Waals surface area contributed by atoms with E-state index in [1.807, 2.05) is 4.90 Å². The molecular weight excluding hydrogens is 361 g/mol. The number of piperidine rings is 1. The monoisotopic (exact) mass is 381 g/mol. The second-order valence-corrected chi connectivity index (χ2v) is 6.73. The van der Waals surface area contributed by atoms with Gasteiger partial charge in [0.05, 0.1) is 11.2 Å². The number of aliphatic imine (C=N–C) groups is 1. The van der Waals surface area contributed by atoms with Crippen molar-refractivity contribution in [2.45, 2.75) is 19.3 Å². The van der Waals surface area contributed by atoms with Crippen molar-refractivity contribution in [3.63, 3.8) is 0 Å². The number of nitrogens with zero attached hydrogens (tertiary/aromatic N) is 3. The maximum atomic E-state index is 13.1. The first-order valence-electron chi connectivity index (χ1n) is 9.18. The summed E-state index contributed by atoms with van der Waals surface area (Å²) in [7, 11) is 0. The van der Waals surface area contributed by atoms with Gasteiger partial charge in [0.1, 0.15) is 11.5 Å². The minimum Gasteiger partial charge on any atom is -0.339 e. The third kappa shape index (κ3) is 3.59. The minimum absolute atomic E-state index is 0.0114. The Bertz CT molecular complexity index is 1020. The summed E-state index contributed by atoms with van der Waals surface area (Å²) in [5.41, 5.74) is 4.15. The van der Waals surface area contributed by atoms with Crippen LogP contribution in [0.15, 0.2) is 47.5 Å². The molecule has 0 bridgehead atoms. The van der Waals surface area contributed by atoms with Gasteiger partial charge in [-0.3, -0.25) is 20.6 Å². The van der Waals surface area contributed by atoms with Crippen molar-refractivity contribution in [3.8, 4) is 0 Å². The van der Waals surface area contributed by atoms with Crippen molar-refractivity contribution in [3.05, 3.63) is 59.5 Å². The smallest absolute Gasteiger partial charge is 0.253 e. The molecule has 3 N–H and O–H groups in total. The number of carbonyl (C=O) groups is 1. The number of hydroxylamine groups is 1. The van der Waals surface area contributed by atoms with Crippen LogP contribution in [0.1, 0.15) is 35.3 Å². The van der Waals surface area contributed by atoms with Crippen LogP contribution in [0.2, 0.25) is 0 Å². The summed E-state index contributed by atoms with van der Waals surface area (Å²) in [5, 5.41) is 17.3. The molecule has 1 fully saturated rings. The first-order chi connectivity index (χ1) is 13.7. The molecule has 28 heavy (non-hydrogen) atoms. The molecule has 4 rings (SSSR count). The number of H-pyrrole nitrogens is 1. The predicted octanol–water partition coefficient (Wildman–Crippen LogP) is 3.39. The fourth-order valence-electron chi connectivity index (χ4n) is 3.38. The predicted molar refractivity (Wildman–Crippen MR) is 103 cm³/mol. The zero-order chi connectivity index (χ0) is 19.5. The highest BCUT2D eigenvalue weighted by atomic mass is 19.1. The molecule has 0 atom stereocenters. The molecule has 1 aromatic heterocycles. The fraction of sp³-hybridized carbons (Fsp3) is 0.250. The normalized spacial score (nSPS) is 15.1. The van der Waals surface area contributed by atoms with Crippen molar-refractivity contribution >= 4 is 28.3 Å². The van der Waals surface area contributed by atoms with Gasteiger partial charge < -0.3 is 4.90 Å². The number of nitrogens with one attached hydrogen (secondary N) is 2. The van der Waals surface area contributed by atoms with Crippen molar-refractivity contribution in [1.82, 2.24) is 20.6 Å². The minimum atomic E-state index is -0.372. The number of carbonyl (C=O) groups excluding carboxylic acids is 1. The van der Waals surface area contributed by atoms with E-state index in [9.17, 15) is 14.4 Å². The molecule has 1 aliphatic heterocycles. The van der Waals surface area contributed by atoms with Gasteiger partial charge in [-0.25, -0.2) is 9.38 Å². The topological polar surface area (TPSA) is 93.6 Å². The van der Waals surface area contributed by atoms with Crippen LogP contribution in [0.5, 0.6) is 0 Å². The van der Waals surface area contributed by atoms with Gasteiger partial charge in [-0.15, -0.1) is 0 Å². The zero-order valence-corrected chi connectivity index (χ0v) is 15.2. The first-order valence-corrected chi connectivity index (χ1v) is 9.18. The molecule has 0 radical (unpaired) electrons. The second kappa shape index (κ2) is 7.77. The highest BCUT2D eigenvalue weighted by Gasteiger charge is 2.20. The number of likely N-dealkylation sites (tertiary alicyclic amines) is 1. The van der Waals surface area contributed by atoms with Crippen LogP contribution in [0.4, 0.5) is 10.1 Å². The molecule has 0 unspecified atom stereocenters. The molecule has 1 amide bonds. The van der Waals surface area contributed by atoms with Crippen molar-refractivity contribution in [2.75, 3.05) is 13.1 Å². The van der Waals surface area contributed by atoms with E-state index in [1.54, 1.807) is 18.2 Å². The lowest BCUT2D eigenvalue weighted by atomic mass is 10.1. The van der Waals surface area contributed by atoms with Gasteiger partial charge >= 0.3 is 0 Å². The summed E-state index contributed by atoms with van der Waals surface area (Å²) in [4.78, 5) is 19.0. The molecule has 1 aliphatic rings. The standard InChI is InChI=1S/C20H20FN5O2/c21-14-5-7-15(8-6-14)22-19(25-28)18-16-12-13(4-9-17(16)23-24-18)20(27)26-10-2-1-3-11-26/h4-9,12,28H,1-3,10-11H2,(H,22,25)(H,23,24). The number of amidine groups is 1. The average Bonchev–Trinajstić information content (AvgIpc) is 3.16. The Morgan fingerprint density at radius 3 is 2.61 bits per heavy atom. The van der Waals surface area contributed by atoms with E-state index >= 15 is 0 Å². The van der Waals surface area contributed by atoms with Gasteiger partial charge in [-0.05, 0) is 61.7 Å². The van der Waals surface area contributed by atoms with Gasteiger partial charge in [-0.1, -0.05) is 0 Å². The van der Waals surface area contributed by atoms with Gasteiger partial charge in [0.2, 0.25) is 0 Å². The molecule has 0 aliphatic carbocycles. The van der Waals surface area contributed by atoms with E-state index in [-0.39, 0.29) is 17.6 Å². The Hall–Kier alpha value is -3.26. The zero-order valence-electron chi connectivity index (χ0n) is 15.2. The Morgan fingerprint density at radius 1 is 1.14 bits per heavy atom. The maximum absolute atomic E-state index is 13.1. The van der Waals surface area contributed by atoms with Crippen LogP contribution >= 0.6 is 0 Å². The van der Waals surface area contributed by atoms with Crippen LogP contribution in [-0.4, -0.2) is 45.1 Å².